The molecule has 4 unspecified atom stereocenters. The van der Waals surface area contributed by atoms with E-state index >= 15 is 0 Å². The minimum Gasteiger partial charge on any atom is -1.00 e. The molecule has 1 saturated heterocycles. The summed E-state index contributed by atoms with van der Waals surface area (Å²) in [5.41, 5.74) is 0. The zero-order valence-electron chi connectivity index (χ0n) is 11.5. The van der Waals surface area contributed by atoms with Gasteiger partial charge in [-0.25, -0.2) is 0 Å². The molecule has 84 valence electrons. The summed E-state index contributed by atoms with van der Waals surface area (Å²) in [6.07, 6.45) is 0.00190. The van der Waals surface area contributed by atoms with Gasteiger partial charge >= 0.3 is 37.7 Å². The predicted octanol–water partition coefficient (Wildman–Crippen LogP) is -0.0588. The maximum Gasteiger partial charge on any atom is 2.00 e. The van der Waals surface area contributed by atoms with Crippen molar-refractivity contribution in [2.24, 2.45) is 11.8 Å². The van der Waals surface area contributed by atoms with Gasteiger partial charge in [0.1, 0.15) is 11.7 Å². The van der Waals surface area contributed by atoms with Gasteiger partial charge in [0.25, 0.3) is 0 Å². The molecule has 0 aromatic heterocycles. The maximum atomic E-state index is 11.4. The standard InChI is InChI=1S/C10H17NO3.Ca.2H/c1-4-5(2)8-9(13)7(6(3)12)10(14)11-8;;;/h5,7-9,13H,4H2,1-3H3,(H,11,14);;;/q;+2;2*-1. The Morgan fingerprint density at radius 1 is 1.67 bits per heavy atom. The van der Waals surface area contributed by atoms with Gasteiger partial charge in [-0.05, 0) is 12.8 Å². The Kier molecular flexibility index (Phi) is 6.33. The number of Topliss-reactive ketones (excluding diaryl/α,β-unsaturated/α-hetero) is 1. The van der Waals surface area contributed by atoms with Crippen LogP contribution >= 0.6 is 0 Å². The summed E-state index contributed by atoms with van der Waals surface area (Å²) in [5.74, 6) is -1.27. The second-order valence-electron chi connectivity index (χ2n) is 4.00. The Bertz CT molecular complexity index is 266. The molecule has 0 aromatic rings. The summed E-state index contributed by atoms with van der Waals surface area (Å²) in [4.78, 5) is 22.5. The quantitative estimate of drug-likeness (QED) is 0.537. The summed E-state index contributed by atoms with van der Waals surface area (Å²) < 4.78 is 0. The fourth-order valence-electron chi connectivity index (χ4n) is 1.86. The van der Waals surface area contributed by atoms with Crippen molar-refractivity contribution in [1.29, 1.82) is 0 Å². The summed E-state index contributed by atoms with van der Waals surface area (Å²) in [7, 11) is 0. The molecule has 2 N–H and O–H groups in total. The molecule has 0 aliphatic carbocycles. The number of nitrogens with one attached hydrogen (secondary N) is 1. The summed E-state index contributed by atoms with van der Waals surface area (Å²) in [6, 6.07) is -0.276. The van der Waals surface area contributed by atoms with Crippen LogP contribution in [-0.2, 0) is 9.59 Å². The number of ketones is 1. The summed E-state index contributed by atoms with van der Waals surface area (Å²) >= 11 is 0. The third kappa shape index (κ3) is 3.16. The molecule has 4 atom stereocenters. The molecule has 1 amide bonds. The van der Waals surface area contributed by atoms with E-state index in [1.165, 1.54) is 6.92 Å². The Labute approximate surface area is 123 Å². The zero-order valence-corrected chi connectivity index (χ0v) is 11.7. The molecule has 0 aromatic carbocycles. The van der Waals surface area contributed by atoms with Crippen LogP contribution in [0, 0.1) is 11.8 Å². The molecular weight excluding hydrogens is 222 g/mol. The smallest absolute Gasteiger partial charge is 1.00 e. The minimum atomic E-state index is -0.867. The Morgan fingerprint density at radius 3 is 2.53 bits per heavy atom. The topological polar surface area (TPSA) is 66.4 Å². The van der Waals surface area contributed by atoms with Crippen LogP contribution in [-0.4, -0.2) is 66.7 Å². The van der Waals surface area contributed by atoms with Crippen molar-refractivity contribution < 1.29 is 17.5 Å². The zero-order chi connectivity index (χ0) is 10.9. The Balaban J connectivity index is -0.000000653. The van der Waals surface area contributed by atoms with Crippen molar-refractivity contribution >= 4 is 49.4 Å². The molecule has 1 heterocycles. The van der Waals surface area contributed by atoms with E-state index in [9.17, 15) is 14.7 Å². The van der Waals surface area contributed by atoms with Crippen LogP contribution in [0.3, 0.4) is 0 Å². The third-order valence-electron chi connectivity index (χ3n) is 3.00. The van der Waals surface area contributed by atoms with Crippen LogP contribution < -0.4 is 5.32 Å². The number of hydrogen-bond acceptors (Lipinski definition) is 3. The molecule has 1 rings (SSSR count). The molecular formula is C10H19CaNO3. The maximum absolute atomic E-state index is 11.4. The van der Waals surface area contributed by atoms with Gasteiger partial charge in [-0.1, -0.05) is 20.3 Å². The van der Waals surface area contributed by atoms with Gasteiger partial charge in [0.15, 0.2) is 0 Å². The SMILES string of the molecule is CCC(C)C1NC(=O)C(C(C)=O)C1O.[Ca+2].[H-].[H-]. The van der Waals surface area contributed by atoms with Crippen LogP contribution in [0.15, 0.2) is 0 Å². The third-order valence-corrected chi connectivity index (χ3v) is 3.00. The van der Waals surface area contributed by atoms with Gasteiger partial charge in [-0.2, -0.15) is 0 Å². The van der Waals surface area contributed by atoms with Crippen LogP contribution in [0.4, 0.5) is 0 Å². The molecule has 0 spiro atoms. The summed E-state index contributed by atoms with van der Waals surface area (Å²) in [5, 5.41) is 12.5. The van der Waals surface area contributed by atoms with Crippen LogP contribution in [0.1, 0.15) is 30.0 Å². The molecule has 1 aliphatic heterocycles. The fraction of sp³-hybridized carbons (Fsp3) is 0.800. The molecule has 1 aliphatic rings. The van der Waals surface area contributed by atoms with Crippen molar-refractivity contribution in [3.8, 4) is 0 Å². The van der Waals surface area contributed by atoms with Crippen molar-refractivity contribution in [2.75, 3.05) is 0 Å². The van der Waals surface area contributed by atoms with E-state index in [-0.39, 0.29) is 64.2 Å². The van der Waals surface area contributed by atoms with Gasteiger partial charge < -0.3 is 13.3 Å². The molecule has 0 radical (unpaired) electrons. The number of aliphatic hydroxyl groups excluding tert-OH is 1. The molecule has 1 fully saturated rings. The number of amides is 1. The van der Waals surface area contributed by atoms with Gasteiger partial charge in [-0.15, -0.1) is 0 Å². The predicted molar refractivity (Wildman–Crippen MR) is 59.5 cm³/mol. The molecule has 0 saturated carbocycles. The number of rotatable bonds is 3. The van der Waals surface area contributed by atoms with Crippen LogP contribution in [0.25, 0.3) is 0 Å². The average molecular weight is 241 g/mol. The normalized spacial score (nSPS) is 31.7. The molecule has 15 heavy (non-hydrogen) atoms. The van der Waals surface area contributed by atoms with E-state index in [2.05, 4.69) is 5.32 Å². The number of aliphatic hydroxyl groups is 1. The van der Waals surface area contributed by atoms with E-state index in [4.69, 9.17) is 0 Å². The molecule has 0 bridgehead atoms. The number of carbonyl (C=O) groups excluding carboxylic acids is 2. The number of carbonyl (C=O) groups is 2. The van der Waals surface area contributed by atoms with Crippen molar-refractivity contribution in [2.45, 2.75) is 39.3 Å². The largest absolute Gasteiger partial charge is 2.00 e. The Hall–Kier alpha value is 0.360. The van der Waals surface area contributed by atoms with Gasteiger partial charge in [-0.3, -0.25) is 9.59 Å². The minimum absolute atomic E-state index is 0. The van der Waals surface area contributed by atoms with E-state index in [1.807, 2.05) is 13.8 Å². The van der Waals surface area contributed by atoms with Gasteiger partial charge in [0.2, 0.25) is 5.91 Å². The van der Waals surface area contributed by atoms with Gasteiger partial charge in [0.05, 0.1) is 12.1 Å². The monoisotopic (exact) mass is 241 g/mol. The van der Waals surface area contributed by atoms with Gasteiger partial charge in [0, 0.05) is 0 Å². The van der Waals surface area contributed by atoms with E-state index < -0.39 is 12.0 Å². The first kappa shape index (κ1) is 15.4. The average Bonchev–Trinajstić information content (AvgIpc) is 2.40. The van der Waals surface area contributed by atoms with Crippen LogP contribution in [0.5, 0.6) is 0 Å². The van der Waals surface area contributed by atoms with Crippen molar-refractivity contribution in [1.82, 2.24) is 5.32 Å². The van der Waals surface area contributed by atoms with Crippen LogP contribution in [0.2, 0.25) is 0 Å². The fourth-order valence-corrected chi connectivity index (χ4v) is 1.86. The van der Waals surface area contributed by atoms with E-state index in [1.54, 1.807) is 0 Å². The summed E-state index contributed by atoms with van der Waals surface area (Å²) in [6.45, 7) is 5.29. The van der Waals surface area contributed by atoms with E-state index in [0.29, 0.717) is 0 Å². The molecule has 5 heteroatoms. The first-order valence-electron chi connectivity index (χ1n) is 4.98. The first-order valence-corrected chi connectivity index (χ1v) is 4.98. The first-order chi connectivity index (χ1) is 6.49. The second kappa shape index (κ2) is 6.18. The number of hydrogen-bond donors (Lipinski definition) is 2. The van der Waals surface area contributed by atoms with Crippen molar-refractivity contribution in [3.05, 3.63) is 0 Å². The molecule has 4 nitrogen and oxygen atoms in total. The second-order valence-corrected chi connectivity index (χ2v) is 4.00. The van der Waals surface area contributed by atoms with E-state index in [0.717, 1.165) is 6.42 Å². The Morgan fingerprint density at radius 2 is 2.20 bits per heavy atom. The van der Waals surface area contributed by atoms with Crippen molar-refractivity contribution in [3.63, 3.8) is 0 Å².